The minimum atomic E-state index is -3.35. The number of anilines is 1. The molecule has 6 nitrogen and oxygen atoms in total. The first kappa shape index (κ1) is 17.6. The van der Waals surface area contributed by atoms with Gasteiger partial charge in [0.05, 0.1) is 18.0 Å². The molecular formula is C17H19N3O3S2. The molecule has 132 valence electrons. The molecule has 0 unspecified atom stereocenters. The number of benzene rings is 1. The Morgan fingerprint density at radius 2 is 2.12 bits per heavy atom. The fourth-order valence-corrected chi connectivity index (χ4v) is 4.45. The number of hydrazone groups is 1. The summed E-state index contributed by atoms with van der Waals surface area (Å²) in [5, 5.41) is 8.03. The van der Waals surface area contributed by atoms with Gasteiger partial charge in [-0.1, -0.05) is 12.1 Å². The van der Waals surface area contributed by atoms with Crippen LogP contribution in [0.15, 0.2) is 40.8 Å². The molecule has 1 aliphatic heterocycles. The number of nitrogens with one attached hydrogen (secondary N) is 1. The minimum absolute atomic E-state index is 0.112. The van der Waals surface area contributed by atoms with Crippen molar-refractivity contribution >= 4 is 38.7 Å². The third-order valence-corrected chi connectivity index (χ3v) is 5.66. The molecule has 1 aromatic heterocycles. The topological polar surface area (TPSA) is 78.8 Å². The Kier molecular flexibility index (Phi) is 4.66. The largest absolute Gasteiger partial charge is 0.284 e. The van der Waals surface area contributed by atoms with Crippen LogP contribution in [0.1, 0.15) is 35.4 Å². The van der Waals surface area contributed by atoms with E-state index in [1.54, 1.807) is 29.5 Å². The zero-order valence-electron chi connectivity index (χ0n) is 14.2. The van der Waals surface area contributed by atoms with Gasteiger partial charge < -0.3 is 0 Å². The monoisotopic (exact) mass is 377 g/mol. The summed E-state index contributed by atoms with van der Waals surface area (Å²) >= 11 is 1.62. The Morgan fingerprint density at radius 1 is 1.36 bits per heavy atom. The maximum atomic E-state index is 12.0. The van der Waals surface area contributed by atoms with Gasteiger partial charge in [0.15, 0.2) is 0 Å². The standard InChI is InChI=1S/C17H19N3O3S2/c1-11-7-8-24-17(11)16-10-15(18-20(16)12(2)21)13-5-4-6-14(9-13)19-25(3,22)23/h4-9,16,19H,10H2,1-3H3/t16-/m0/s1. The van der Waals surface area contributed by atoms with Crippen LogP contribution < -0.4 is 4.72 Å². The zero-order valence-corrected chi connectivity index (χ0v) is 15.8. The molecule has 3 rings (SSSR count). The van der Waals surface area contributed by atoms with Crippen LogP contribution in [-0.2, 0) is 14.8 Å². The molecule has 1 amide bonds. The van der Waals surface area contributed by atoms with Crippen LogP contribution in [0.5, 0.6) is 0 Å². The predicted molar refractivity (Wildman–Crippen MR) is 100 cm³/mol. The Morgan fingerprint density at radius 3 is 2.72 bits per heavy atom. The number of amides is 1. The summed E-state index contributed by atoms with van der Waals surface area (Å²) in [5.41, 5.74) is 3.19. The average Bonchev–Trinajstić information content (AvgIpc) is 3.11. The van der Waals surface area contributed by atoms with E-state index in [4.69, 9.17) is 0 Å². The van der Waals surface area contributed by atoms with Gasteiger partial charge in [-0.25, -0.2) is 13.4 Å². The smallest absolute Gasteiger partial charge is 0.240 e. The highest BCUT2D eigenvalue weighted by Crippen LogP contribution is 2.37. The SMILES string of the molecule is CC(=O)N1N=C(c2cccc(NS(C)(=O)=O)c2)C[C@H]1c1sccc1C. The van der Waals surface area contributed by atoms with Gasteiger partial charge in [0.25, 0.3) is 0 Å². The number of thiophene rings is 1. The van der Waals surface area contributed by atoms with Crippen LogP contribution in [0.4, 0.5) is 5.69 Å². The lowest BCUT2D eigenvalue weighted by atomic mass is 10.0. The first-order valence-electron chi connectivity index (χ1n) is 7.74. The Labute approximate surface area is 151 Å². The molecule has 1 aromatic carbocycles. The van der Waals surface area contributed by atoms with Crippen molar-refractivity contribution in [1.29, 1.82) is 0 Å². The summed E-state index contributed by atoms with van der Waals surface area (Å²) in [7, 11) is -3.35. The van der Waals surface area contributed by atoms with Crippen LogP contribution in [0, 0.1) is 6.92 Å². The summed E-state index contributed by atoms with van der Waals surface area (Å²) in [6.45, 7) is 3.53. The van der Waals surface area contributed by atoms with E-state index in [0.29, 0.717) is 12.1 Å². The number of carbonyl (C=O) groups is 1. The van der Waals surface area contributed by atoms with E-state index < -0.39 is 10.0 Å². The van der Waals surface area contributed by atoms with E-state index in [0.717, 1.165) is 28.0 Å². The zero-order chi connectivity index (χ0) is 18.2. The molecule has 1 atom stereocenters. The van der Waals surface area contributed by atoms with Gasteiger partial charge in [0, 0.05) is 23.9 Å². The molecule has 8 heteroatoms. The van der Waals surface area contributed by atoms with E-state index in [2.05, 4.69) is 9.82 Å². The molecular weight excluding hydrogens is 358 g/mol. The molecule has 0 radical (unpaired) electrons. The van der Waals surface area contributed by atoms with E-state index >= 15 is 0 Å². The highest BCUT2D eigenvalue weighted by molar-refractivity contribution is 7.92. The highest BCUT2D eigenvalue weighted by Gasteiger charge is 2.33. The molecule has 0 bridgehead atoms. The van der Waals surface area contributed by atoms with Crippen molar-refractivity contribution in [2.75, 3.05) is 11.0 Å². The lowest BCUT2D eigenvalue weighted by Crippen LogP contribution is -2.24. The minimum Gasteiger partial charge on any atom is -0.284 e. The predicted octanol–water partition coefficient (Wildman–Crippen LogP) is 3.13. The maximum Gasteiger partial charge on any atom is 0.240 e. The second-order valence-electron chi connectivity index (χ2n) is 6.05. The van der Waals surface area contributed by atoms with Crippen molar-refractivity contribution in [2.45, 2.75) is 26.3 Å². The molecule has 1 aliphatic rings. The fourth-order valence-electron chi connectivity index (χ4n) is 2.88. The molecule has 0 aliphatic carbocycles. The molecule has 0 fully saturated rings. The molecule has 0 saturated carbocycles. The van der Waals surface area contributed by atoms with Gasteiger partial charge in [-0.3, -0.25) is 9.52 Å². The lowest BCUT2D eigenvalue weighted by Gasteiger charge is -2.19. The summed E-state index contributed by atoms with van der Waals surface area (Å²) < 4.78 is 25.3. The Bertz CT molecular complexity index is 948. The molecule has 2 aromatic rings. The molecule has 0 spiro atoms. The maximum absolute atomic E-state index is 12.0. The van der Waals surface area contributed by atoms with Crippen molar-refractivity contribution in [3.8, 4) is 0 Å². The number of sulfonamides is 1. The van der Waals surface area contributed by atoms with E-state index in [1.807, 2.05) is 24.4 Å². The number of rotatable bonds is 4. The summed E-state index contributed by atoms with van der Waals surface area (Å²) in [6.07, 6.45) is 1.71. The van der Waals surface area contributed by atoms with Crippen molar-refractivity contribution in [2.24, 2.45) is 5.10 Å². The average molecular weight is 377 g/mol. The van der Waals surface area contributed by atoms with Gasteiger partial charge in [0.1, 0.15) is 0 Å². The lowest BCUT2D eigenvalue weighted by molar-refractivity contribution is -0.130. The number of aryl methyl sites for hydroxylation is 1. The summed E-state index contributed by atoms with van der Waals surface area (Å²) in [5.74, 6) is -0.113. The number of hydrogen-bond donors (Lipinski definition) is 1. The van der Waals surface area contributed by atoms with Crippen LogP contribution in [0.2, 0.25) is 0 Å². The molecule has 0 saturated heterocycles. The molecule has 1 N–H and O–H groups in total. The van der Waals surface area contributed by atoms with Gasteiger partial charge >= 0.3 is 0 Å². The van der Waals surface area contributed by atoms with Gasteiger partial charge in [-0.2, -0.15) is 5.10 Å². The fraction of sp³-hybridized carbons (Fsp3) is 0.294. The normalized spacial score (nSPS) is 17.5. The van der Waals surface area contributed by atoms with Crippen molar-refractivity contribution in [3.05, 3.63) is 51.7 Å². The van der Waals surface area contributed by atoms with E-state index in [9.17, 15) is 13.2 Å². The van der Waals surface area contributed by atoms with Crippen molar-refractivity contribution in [3.63, 3.8) is 0 Å². The Balaban J connectivity index is 1.93. The second-order valence-corrected chi connectivity index (χ2v) is 8.75. The van der Waals surface area contributed by atoms with Crippen molar-refractivity contribution < 1.29 is 13.2 Å². The Hall–Kier alpha value is -2.19. The molecule has 25 heavy (non-hydrogen) atoms. The number of nitrogens with zero attached hydrogens (tertiary/aromatic N) is 2. The van der Waals surface area contributed by atoms with Crippen LogP contribution in [-0.4, -0.2) is 31.3 Å². The summed E-state index contributed by atoms with van der Waals surface area (Å²) in [4.78, 5) is 13.2. The molecule has 2 heterocycles. The van der Waals surface area contributed by atoms with E-state index in [-0.39, 0.29) is 11.9 Å². The van der Waals surface area contributed by atoms with Crippen LogP contribution in [0.25, 0.3) is 0 Å². The van der Waals surface area contributed by atoms with Gasteiger partial charge in [-0.05, 0) is 41.6 Å². The third kappa shape index (κ3) is 3.91. The quantitative estimate of drug-likeness (QED) is 0.889. The second kappa shape index (κ2) is 6.61. The first-order valence-corrected chi connectivity index (χ1v) is 10.5. The van der Waals surface area contributed by atoms with Crippen LogP contribution >= 0.6 is 11.3 Å². The van der Waals surface area contributed by atoms with Crippen LogP contribution in [0.3, 0.4) is 0 Å². The highest BCUT2D eigenvalue weighted by atomic mass is 32.2. The summed E-state index contributed by atoms with van der Waals surface area (Å²) in [6, 6.07) is 8.99. The van der Waals surface area contributed by atoms with Gasteiger partial charge in [0.2, 0.25) is 15.9 Å². The number of carbonyl (C=O) groups excluding carboxylic acids is 1. The van der Waals surface area contributed by atoms with Crippen molar-refractivity contribution in [1.82, 2.24) is 5.01 Å². The van der Waals surface area contributed by atoms with E-state index in [1.165, 1.54) is 11.9 Å². The number of hydrogen-bond acceptors (Lipinski definition) is 5. The van der Waals surface area contributed by atoms with Gasteiger partial charge in [-0.15, -0.1) is 11.3 Å². The third-order valence-electron chi connectivity index (χ3n) is 3.94. The first-order chi connectivity index (χ1) is 11.7.